The first-order chi connectivity index (χ1) is 26.6. The number of aryl methyl sites for hydroxylation is 2. The lowest BCUT2D eigenvalue weighted by atomic mass is 10.0. The Hall–Kier alpha value is -4.73. The number of carbonyl (C=O) groups is 4. The molecular formula is C40H53N6O9S+. The topological polar surface area (TPSA) is 186 Å². The number of ether oxygens (including phenoxy) is 3. The first kappa shape index (κ1) is 39.5. The van der Waals surface area contributed by atoms with Crippen molar-refractivity contribution in [3.8, 4) is 11.6 Å². The molecule has 1 aromatic heterocycles. The average Bonchev–Trinajstić information content (AvgIpc) is 4.10. The smallest absolute Gasteiger partial charge is 0.408 e. The van der Waals surface area contributed by atoms with E-state index >= 15 is 0 Å². The molecule has 8 unspecified atom stereocenters. The quantitative estimate of drug-likeness (QED) is 0.265. The SMILES string of the molecule is C=CC1C(=C)C1(NC(=O)C1CC2CN1C(=O)C(C(C)C)NC(=O)OC(C)C1CC1CCCCc1nc3ccc(OC)cc3[n+](C)c1O2)C(=O)NS(=O)(=O)C1CC1. The number of methoxy groups -OCH3 is 1. The van der Waals surface area contributed by atoms with Gasteiger partial charge in [0, 0.05) is 18.8 Å². The normalized spacial score (nSPS) is 30.8. The number of amides is 4. The molecule has 0 spiro atoms. The summed E-state index contributed by atoms with van der Waals surface area (Å²) in [4.78, 5) is 62.4. The lowest BCUT2D eigenvalue weighted by molar-refractivity contribution is -0.652. The Bertz CT molecular complexity index is 2090. The van der Waals surface area contributed by atoms with Gasteiger partial charge < -0.3 is 29.7 Å². The Balaban J connectivity index is 1.24. The van der Waals surface area contributed by atoms with Crippen LogP contribution in [0, 0.1) is 23.7 Å². The number of nitrogens with one attached hydrogen (secondary N) is 3. The molecule has 8 atom stereocenters. The molecule has 3 heterocycles. The van der Waals surface area contributed by atoms with Gasteiger partial charge in [0.2, 0.25) is 27.4 Å². The maximum atomic E-state index is 14.6. The van der Waals surface area contributed by atoms with E-state index in [4.69, 9.17) is 19.2 Å². The van der Waals surface area contributed by atoms with E-state index in [-0.39, 0.29) is 30.6 Å². The predicted molar refractivity (Wildman–Crippen MR) is 205 cm³/mol. The number of hydrogen-bond donors (Lipinski definition) is 3. The van der Waals surface area contributed by atoms with Crippen molar-refractivity contribution >= 4 is 44.9 Å². The fourth-order valence-corrected chi connectivity index (χ4v) is 9.85. The highest BCUT2D eigenvalue weighted by molar-refractivity contribution is 7.91. The highest BCUT2D eigenvalue weighted by Crippen LogP contribution is 2.50. The summed E-state index contributed by atoms with van der Waals surface area (Å²) in [5, 5.41) is 4.88. The molecule has 2 aromatic rings. The minimum atomic E-state index is -3.96. The Morgan fingerprint density at radius 1 is 1.16 bits per heavy atom. The van der Waals surface area contributed by atoms with Crippen LogP contribution in [0.1, 0.15) is 71.4 Å². The number of rotatable bonds is 8. The third kappa shape index (κ3) is 7.43. The van der Waals surface area contributed by atoms with E-state index in [2.05, 4.69) is 28.5 Å². The molecule has 4 fully saturated rings. The van der Waals surface area contributed by atoms with Crippen molar-refractivity contribution in [3.63, 3.8) is 0 Å². The zero-order valence-electron chi connectivity index (χ0n) is 32.7. The van der Waals surface area contributed by atoms with Crippen molar-refractivity contribution in [2.75, 3.05) is 13.7 Å². The molecule has 56 heavy (non-hydrogen) atoms. The summed E-state index contributed by atoms with van der Waals surface area (Å²) in [7, 11) is -0.493. The molecular weight excluding hydrogens is 741 g/mol. The fourth-order valence-electron chi connectivity index (χ4n) is 8.50. The van der Waals surface area contributed by atoms with Crippen molar-refractivity contribution in [1.29, 1.82) is 0 Å². The van der Waals surface area contributed by atoms with E-state index in [0.717, 1.165) is 42.4 Å². The van der Waals surface area contributed by atoms with Gasteiger partial charge in [0.25, 0.3) is 5.91 Å². The van der Waals surface area contributed by atoms with Crippen molar-refractivity contribution < 1.29 is 46.4 Å². The summed E-state index contributed by atoms with van der Waals surface area (Å²) < 4.78 is 47.8. The van der Waals surface area contributed by atoms with Crippen molar-refractivity contribution in [1.82, 2.24) is 25.2 Å². The summed E-state index contributed by atoms with van der Waals surface area (Å²) >= 11 is 0. The summed E-state index contributed by atoms with van der Waals surface area (Å²) in [6, 6.07) is 3.39. The first-order valence-electron chi connectivity index (χ1n) is 19.6. The molecule has 3 N–H and O–H groups in total. The monoisotopic (exact) mass is 793 g/mol. The number of sulfonamides is 1. The lowest BCUT2D eigenvalue weighted by Gasteiger charge is -2.31. The van der Waals surface area contributed by atoms with Crippen LogP contribution in [0.25, 0.3) is 11.0 Å². The maximum absolute atomic E-state index is 14.6. The van der Waals surface area contributed by atoms with Gasteiger partial charge in [-0.25, -0.2) is 18.2 Å². The molecule has 7 rings (SSSR count). The van der Waals surface area contributed by atoms with Gasteiger partial charge >= 0.3 is 12.0 Å². The van der Waals surface area contributed by atoms with Gasteiger partial charge in [-0.2, -0.15) is 4.57 Å². The van der Waals surface area contributed by atoms with Crippen LogP contribution in [0.4, 0.5) is 4.79 Å². The van der Waals surface area contributed by atoms with Gasteiger partial charge in [0.15, 0.2) is 11.2 Å². The van der Waals surface area contributed by atoms with Gasteiger partial charge in [-0.05, 0) is 68.1 Å². The van der Waals surface area contributed by atoms with E-state index in [1.165, 1.54) is 11.0 Å². The van der Waals surface area contributed by atoms with Gasteiger partial charge in [0.05, 0.1) is 25.0 Å². The van der Waals surface area contributed by atoms with Crippen LogP contribution in [0.15, 0.2) is 43.0 Å². The second-order valence-corrected chi connectivity index (χ2v) is 18.3. The molecule has 1 saturated heterocycles. The standard InChI is InChI=1S/C40H52N6O9S/c1-8-29-22(4)40(29,38(49)44-56(51,52)27-14-15-27)43-35(47)33-19-26-20-46(33)36(48)34(21(2)3)42-39(50)54-23(5)28-17-24(28)11-9-10-12-31-37(55-26)45(6)32-18-25(53-7)13-16-30(32)41-31/h8,13,16,18,21,23-24,26-29,33-34H,1,4,9-12,14-15,17,19-20H2,2-3,5-7H3,(H2-,42,43,44,47,49,50)/p+1. The minimum absolute atomic E-state index is 0.0200. The number of alkyl carbamates (subject to hydrolysis) is 1. The molecule has 2 aliphatic heterocycles. The Morgan fingerprint density at radius 3 is 2.57 bits per heavy atom. The fraction of sp³-hybridized carbons (Fsp3) is 0.600. The number of aromatic nitrogens is 2. The molecule has 4 amide bonds. The van der Waals surface area contributed by atoms with Crippen LogP contribution in [0.3, 0.4) is 0 Å². The molecule has 2 bridgehead atoms. The molecule has 1 aromatic carbocycles. The second-order valence-electron chi connectivity index (χ2n) is 16.4. The van der Waals surface area contributed by atoms with Crippen LogP contribution in [-0.2, 0) is 42.6 Å². The number of fused-ring (bicyclic) bond motifs is 5. The molecule has 302 valence electrons. The largest absolute Gasteiger partial charge is 0.497 e. The molecule has 15 nitrogen and oxygen atoms in total. The van der Waals surface area contributed by atoms with E-state index in [9.17, 15) is 27.6 Å². The molecule has 3 saturated carbocycles. The van der Waals surface area contributed by atoms with E-state index in [0.29, 0.717) is 36.8 Å². The van der Waals surface area contributed by atoms with Crippen LogP contribution in [-0.4, -0.2) is 90.9 Å². The van der Waals surface area contributed by atoms with Crippen LogP contribution in [0.5, 0.6) is 11.6 Å². The summed E-state index contributed by atoms with van der Waals surface area (Å²) in [6.07, 6.45) is 4.91. The Labute approximate surface area is 327 Å². The summed E-state index contributed by atoms with van der Waals surface area (Å²) in [5.41, 5.74) is 0.758. The Kier molecular flexibility index (Phi) is 10.6. The first-order valence-corrected chi connectivity index (χ1v) is 21.1. The van der Waals surface area contributed by atoms with Crippen molar-refractivity contribution in [2.24, 2.45) is 30.7 Å². The van der Waals surface area contributed by atoms with Gasteiger partial charge in [-0.15, -0.1) is 6.58 Å². The van der Waals surface area contributed by atoms with E-state index in [1.54, 1.807) is 21.0 Å². The highest BCUT2D eigenvalue weighted by Gasteiger charge is 2.65. The van der Waals surface area contributed by atoms with Crippen LogP contribution < -0.4 is 29.4 Å². The number of carbonyl (C=O) groups excluding carboxylic acids is 4. The van der Waals surface area contributed by atoms with Gasteiger partial charge in [0.1, 0.15) is 42.6 Å². The third-order valence-corrected chi connectivity index (χ3v) is 14.0. The zero-order chi connectivity index (χ0) is 40.3. The lowest BCUT2D eigenvalue weighted by Crippen LogP contribution is -2.59. The summed E-state index contributed by atoms with van der Waals surface area (Å²) in [6.45, 7) is 13.2. The molecule has 5 aliphatic rings. The third-order valence-electron chi connectivity index (χ3n) is 12.2. The van der Waals surface area contributed by atoms with Gasteiger partial charge in [-0.3, -0.25) is 19.1 Å². The molecule has 3 aliphatic carbocycles. The van der Waals surface area contributed by atoms with Crippen LogP contribution in [0.2, 0.25) is 0 Å². The zero-order valence-corrected chi connectivity index (χ0v) is 33.5. The average molecular weight is 794 g/mol. The molecule has 16 heteroatoms. The van der Waals surface area contributed by atoms with Crippen LogP contribution >= 0.6 is 0 Å². The maximum Gasteiger partial charge on any atom is 0.408 e. The summed E-state index contributed by atoms with van der Waals surface area (Å²) in [5.74, 6) is -1.50. The predicted octanol–water partition coefficient (Wildman–Crippen LogP) is 2.75. The second kappa shape index (κ2) is 15.0. The Morgan fingerprint density at radius 2 is 1.91 bits per heavy atom. The van der Waals surface area contributed by atoms with Crippen molar-refractivity contribution in [2.45, 2.75) is 107 Å². The number of hydrogen-bond acceptors (Lipinski definition) is 10. The van der Waals surface area contributed by atoms with Crippen molar-refractivity contribution in [3.05, 3.63) is 48.7 Å². The van der Waals surface area contributed by atoms with Gasteiger partial charge in [-0.1, -0.05) is 39.3 Å². The minimum Gasteiger partial charge on any atom is -0.497 e. The molecule has 0 radical (unpaired) electrons. The number of nitrogens with zero attached hydrogens (tertiary/aromatic N) is 3. The van der Waals surface area contributed by atoms with E-state index in [1.807, 2.05) is 36.7 Å². The van der Waals surface area contributed by atoms with E-state index < -0.39 is 74.7 Å². The number of cyclic esters (lactones) is 1. The highest BCUT2D eigenvalue weighted by atomic mass is 32.2. The number of benzene rings is 1.